The topological polar surface area (TPSA) is 84.8 Å². The summed E-state index contributed by atoms with van der Waals surface area (Å²) in [6.45, 7) is 8.33. The summed E-state index contributed by atoms with van der Waals surface area (Å²) >= 11 is 0. The molecular formula is C20H29N5O2. The van der Waals surface area contributed by atoms with Crippen molar-refractivity contribution < 1.29 is 9.53 Å². The lowest BCUT2D eigenvalue weighted by Gasteiger charge is -2.28. The van der Waals surface area contributed by atoms with Crippen molar-refractivity contribution in [2.24, 2.45) is 11.3 Å². The third-order valence-corrected chi connectivity index (χ3v) is 6.10. The smallest absolute Gasteiger partial charge is 0.276 e. The number of ether oxygens (including phenoxy) is 1. The van der Waals surface area contributed by atoms with Crippen molar-refractivity contribution in [3.8, 4) is 0 Å². The molecule has 0 bridgehead atoms. The fraction of sp³-hybridized carbons (Fsp3) is 0.650. The van der Waals surface area contributed by atoms with Crippen LogP contribution in [0.15, 0.2) is 12.4 Å². The average Bonchev–Trinajstić information content (AvgIpc) is 3.27. The number of hydrogen-bond donors (Lipinski definition) is 2. The highest BCUT2D eigenvalue weighted by Gasteiger charge is 2.30. The molecule has 1 fully saturated rings. The van der Waals surface area contributed by atoms with Crippen molar-refractivity contribution in [2.45, 2.75) is 58.9 Å². The number of H-pyrrole nitrogens is 1. The van der Waals surface area contributed by atoms with Gasteiger partial charge in [0.25, 0.3) is 5.91 Å². The maximum Gasteiger partial charge on any atom is 0.276 e. The molecule has 2 N–H and O–H groups in total. The molecule has 1 atom stereocenters. The van der Waals surface area contributed by atoms with Gasteiger partial charge in [0, 0.05) is 30.7 Å². The number of amides is 1. The fourth-order valence-corrected chi connectivity index (χ4v) is 4.26. The first-order valence-corrected chi connectivity index (χ1v) is 9.92. The Kier molecular flexibility index (Phi) is 4.80. The number of aromatic nitrogens is 4. The molecule has 1 unspecified atom stereocenters. The van der Waals surface area contributed by atoms with Gasteiger partial charge in [0.1, 0.15) is 0 Å². The zero-order chi connectivity index (χ0) is 19.0. The van der Waals surface area contributed by atoms with Crippen LogP contribution in [-0.4, -0.2) is 39.1 Å². The molecule has 2 aromatic rings. The van der Waals surface area contributed by atoms with Crippen molar-refractivity contribution in [2.75, 3.05) is 18.5 Å². The summed E-state index contributed by atoms with van der Waals surface area (Å²) < 4.78 is 7.40. The third kappa shape index (κ3) is 3.78. The quantitative estimate of drug-likeness (QED) is 0.863. The van der Waals surface area contributed by atoms with Crippen LogP contribution < -0.4 is 5.32 Å². The molecule has 7 heteroatoms. The minimum atomic E-state index is -0.162. The molecule has 2 aliphatic rings. The highest BCUT2D eigenvalue weighted by molar-refractivity contribution is 6.03. The monoisotopic (exact) mass is 371 g/mol. The van der Waals surface area contributed by atoms with Crippen molar-refractivity contribution >= 4 is 11.6 Å². The van der Waals surface area contributed by atoms with Crippen LogP contribution >= 0.6 is 0 Å². The number of carbonyl (C=O) groups excluding carboxylic acids is 1. The molecule has 1 aliphatic carbocycles. The van der Waals surface area contributed by atoms with Crippen LogP contribution in [0.4, 0.5) is 5.69 Å². The lowest BCUT2D eigenvalue weighted by molar-refractivity contribution is 0.0496. The zero-order valence-electron chi connectivity index (χ0n) is 16.4. The lowest BCUT2D eigenvalue weighted by Crippen LogP contribution is -2.24. The zero-order valence-corrected chi connectivity index (χ0v) is 16.4. The third-order valence-electron chi connectivity index (χ3n) is 6.10. The van der Waals surface area contributed by atoms with E-state index < -0.39 is 0 Å². The van der Waals surface area contributed by atoms with Gasteiger partial charge in [-0.05, 0) is 50.4 Å². The van der Waals surface area contributed by atoms with Crippen molar-refractivity contribution in [1.82, 2.24) is 20.0 Å². The molecule has 0 saturated carbocycles. The van der Waals surface area contributed by atoms with E-state index in [4.69, 9.17) is 4.74 Å². The molecule has 4 rings (SSSR count). The second kappa shape index (κ2) is 7.11. The number of nitrogens with one attached hydrogen (secondary N) is 2. The minimum Gasteiger partial charge on any atom is -0.381 e. The summed E-state index contributed by atoms with van der Waals surface area (Å²) in [7, 11) is 0. The minimum absolute atomic E-state index is 0.162. The molecule has 2 aromatic heterocycles. The summed E-state index contributed by atoms with van der Waals surface area (Å²) in [4.78, 5) is 12.7. The average molecular weight is 371 g/mol. The molecule has 1 saturated heterocycles. The number of rotatable bonds is 4. The highest BCUT2D eigenvalue weighted by Crippen LogP contribution is 2.35. The lowest BCUT2D eigenvalue weighted by atomic mass is 9.76. The Bertz CT molecular complexity index is 816. The first-order chi connectivity index (χ1) is 12.9. The molecular weight excluding hydrogens is 342 g/mol. The molecule has 7 nitrogen and oxygen atoms in total. The number of aromatic amines is 1. The Morgan fingerprint density at radius 1 is 1.41 bits per heavy atom. The van der Waals surface area contributed by atoms with Crippen LogP contribution in [0, 0.1) is 11.3 Å². The maximum atomic E-state index is 12.7. The second-order valence-corrected chi connectivity index (χ2v) is 8.72. The van der Waals surface area contributed by atoms with E-state index in [1.165, 1.54) is 0 Å². The first-order valence-electron chi connectivity index (χ1n) is 9.92. The Labute approximate surface area is 159 Å². The molecule has 27 heavy (non-hydrogen) atoms. The number of carbonyl (C=O) groups is 1. The van der Waals surface area contributed by atoms with Crippen LogP contribution in [-0.2, 0) is 17.6 Å². The van der Waals surface area contributed by atoms with Crippen LogP contribution in [0.2, 0.25) is 0 Å². The number of nitrogens with zero attached hydrogens (tertiary/aromatic N) is 3. The fourth-order valence-electron chi connectivity index (χ4n) is 4.26. The molecule has 1 amide bonds. The van der Waals surface area contributed by atoms with E-state index in [2.05, 4.69) is 41.4 Å². The van der Waals surface area contributed by atoms with E-state index in [1.54, 1.807) is 6.20 Å². The summed E-state index contributed by atoms with van der Waals surface area (Å²) in [6, 6.07) is 0.292. The van der Waals surface area contributed by atoms with Crippen LogP contribution in [0.5, 0.6) is 0 Å². The van der Waals surface area contributed by atoms with Gasteiger partial charge >= 0.3 is 0 Å². The van der Waals surface area contributed by atoms with E-state index in [1.807, 2.05) is 10.9 Å². The Morgan fingerprint density at radius 2 is 2.19 bits per heavy atom. The summed E-state index contributed by atoms with van der Waals surface area (Å²) in [5.41, 5.74) is 3.65. The van der Waals surface area contributed by atoms with Gasteiger partial charge < -0.3 is 10.1 Å². The van der Waals surface area contributed by atoms with Crippen molar-refractivity contribution in [3.63, 3.8) is 0 Å². The normalized spacial score (nSPS) is 20.9. The van der Waals surface area contributed by atoms with Gasteiger partial charge in [-0.2, -0.15) is 10.2 Å². The maximum absolute atomic E-state index is 12.7. The van der Waals surface area contributed by atoms with E-state index >= 15 is 0 Å². The van der Waals surface area contributed by atoms with Gasteiger partial charge in [-0.1, -0.05) is 13.8 Å². The SMILES string of the molecule is CC(C1CCOCC1)n1cc(NC(=O)c2n[nH]c3c2CCC(C)(C)C3)cn1. The highest BCUT2D eigenvalue weighted by atomic mass is 16.5. The summed E-state index contributed by atoms with van der Waals surface area (Å²) in [6.07, 6.45) is 8.64. The van der Waals surface area contributed by atoms with Gasteiger partial charge in [0.05, 0.1) is 17.9 Å². The van der Waals surface area contributed by atoms with Gasteiger partial charge in [-0.25, -0.2) is 0 Å². The van der Waals surface area contributed by atoms with Gasteiger partial charge in [0.2, 0.25) is 0 Å². The van der Waals surface area contributed by atoms with E-state index in [9.17, 15) is 4.79 Å². The molecule has 0 aromatic carbocycles. The number of anilines is 1. The van der Waals surface area contributed by atoms with Gasteiger partial charge in [0.15, 0.2) is 5.69 Å². The van der Waals surface area contributed by atoms with Crippen LogP contribution in [0.25, 0.3) is 0 Å². The molecule has 0 radical (unpaired) electrons. The molecule has 0 spiro atoms. The van der Waals surface area contributed by atoms with Crippen LogP contribution in [0.3, 0.4) is 0 Å². The van der Waals surface area contributed by atoms with E-state index in [0.29, 0.717) is 23.3 Å². The Hall–Kier alpha value is -2.15. The van der Waals surface area contributed by atoms with Crippen molar-refractivity contribution in [1.29, 1.82) is 0 Å². The van der Waals surface area contributed by atoms with Gasteiger partial charge in [-0.15, -0.1) is 0 Å². The van der Waals surface area contributed by atoms with E-state index in [0.717, 1.165) is 56.6 Å². The molecule has 146 valence electrons. The van der Waals surface area contributed by atoms with Crippen molar-refractivity contribution in [3.05, 3.63) is 29.3 Å². The molecule has 3 heterocycles. The first kappa shape index (κ1) is 18.2. The standard InChI is InChI=1S/C20H29N5O2/c1-13(14-5-8-27-9-6-14)25-12-15(11-21-25)22-19(26)18-16-4-7-20(2,3)10-17(16)23-24-18/h11-14H,4-10H2,1-3H3,(H,22,26)(H,23,24). The Morgan fingerprint density at radius 3 is 2.96 bits per heavy atom. The predicted octanol–water partition coefficient (Wildman–Crippen LogP) is 3.36. The number of hydrogen-bond acceptors (Lipinski definition) is 4. The largest absolute Gasteiger partial charge is 0.381 e. The molecule has 1 aliphatic heterocycles. The Balaban J connectivity index is 1.44. The van der Waals surface area contributed by atoms with E-state index in [-0.39, 0.29) is 11.3 Å². The number of fused-ring (bicyclic) bond motifs is 1. The predicted molar refractivity (Wildman–Crippen MR) is 103 cm³/mol. The summed E-state index contributed by atoms with van der Waals surface area (Å²) in [5, 5.41) is 14.8. The summed E-state index contributed by atoms with van der Waals surface area (Å²) in [5.74, 6) is 0.398. The van der Waals surface area contributed by atoms with Gasteiger partial charge in [-0.3, -0.25) is 14.6 Å². The van der Waals surface area contributed by atoms with Crippen LogP contribution in [0.1, 0.15) is 67.8 Å². The second-order valence-electron chi connectivity index (χ2n) is 8.72.